The van der Waals surface area contributed by atoms with Gasteiger partial charge in [0.15, 0.2) is 5.78 Å². The standard InChI is InChI=1S/C12H18N2O2S/c1-7-8(2)17-12(14-7)5-11(15)10-4-9(16-3)6-13-10/h9-10,13H,4-6H2,1-3H3. The molecule has 1 aromatic rings. The fourth-order valence-electron chi connectivity index (χ4n) is 2.02. The number of ether oxygens (including phenoxy) is 1. The first-order chi connectivity index (χ1) is 8.10. The van der Waals surface area contributed by atoms with Crippen LogP contribution in [0.1, 0.15) is 22.0 Å². The van der Waals surface area contributed by atoms with Crippen molar-refractivity contribution in [2.75, 3.05) is 13.7 Å². The van der Waals surface area contributed by atoms with Crippen LogP contribution in [0, 0.1) is 13.8 Å². The monoisotopic (exact) mass is 254 g/mol. The van der Waals surface area contributed by atoms with Gasteiger partial charge < -0.3 is 10.1 Å². The number of rotatable bonds is 4. The van der Waals surface area contributed by atoms with Gasteiger partial charge in [0.05, 0.1) is 24.3 Å². The second kappa shape index (κ2) is 5.25. The third-order valence-corrected chi connectivity index (χ3v) is 4.28. The number of nitrogens with one attached hydrogen (secondary N) is 1. The highest BCUT2D eigenvalue weighted by molar-refractivity contribution is 7.11. The molecular formula is C12H18N2O2S. The third kappa shape index (κ3) is 2.91. The molecule has 0 aromatic carbocycles. The molecule has 1 N–H and O–H groups in total. The Bertz CT molecular complexity index is 397. The van der Waals surface area contributed by atoms with Crippen molar-refractivity contribution >= 4 is 17.1 Å². The van der Waals surface area contributed by atoms with Gasteiger partial charge in [-0.3, -0.25) is 4.79 Å². The number of hydrogen-bond acceptors (Lipinski definition) is 5. The number of carbonyl (C=O) groups is 1. The largest absolute Gasteiger partial charge is 0.380 e. The number of ketones is 1. The lowest BCUT2D eigenvalue weighted by atomic mass is 10.1. The molecule has 0 aliphatic carbocycles. The van der Waals surface area contributed by atoms with E-state index < -0.39 is 0 Å². The maximum Gasteiger partial charge on any atom is 0.156 e. The molecule has 1 saturated heterocycles. The normalized spacial score (nSPS) is 24.2. The van der Waals surface area contributed by atoms with Crippen molar-refractivity contribution in [1.29, 1.82) is 0 Å². The van der Waals surface area contributed by atoms with Crippen LogP contribution in [0.5, 0.6) is 0 Å². The topological polar surface area (TPSA) is 51.2 Å². The summed E-state index contributed by atoms with van der Waals surface area (Å²) < 4.78 is 5.24. The van der Waals surface area contributed by atoms with Crippen molar-refractivity contribution in [2.45, 2.75) is 38.8 Å². The number of aromatic nitrogens is 1. The van der Waals surface area contributed by atoms with Gasteiger partial charge in [0, 0.05) is 18.5 Å². The minimum Gasteiger partial charge on any atom is -0.380 e. The van der Waals surface area contributed by atoms with Crippen molar-refractivity contribution in [3.8, 4) is 0 Å². The summed E-state index contributed by atoms with van der Waals surface area (Å²) in [6.45, 7) is 4.78. The molecule has 4 nitrogen and oxygen atoms in total. The fraction of sp³-hybridized carbons (Fsp3) is 0.667. The van der Waals surface area contributed by atoms with Gasteiger partial charge in [-0.25, -0.2) is 4.98 Å². The summed E-state index contributed by atoms with van der Waals surface area (Å²) in [4.78, 5) is 17.6. The Morgan fingerprint density at radius 3 is 2.88 bits per heavy atom. The molecule has 0 saturated carbocycles. The number of carbonyl (C=O) groups excluding carboxylic acids is 1. The van der Waals surface area contributed by atoms with Gasteiger partial charge in [-0.15, -0.1) is 11.3 Å². The van der Waals surface area contributed by atoms with E-state index in [4.69, 9.17) is 4.74 Å². The molecule has 2 rings (SSSR count). The summed E-state index contributed by atoms with van der Waals surface area (Å²) in [6.07, 6.45) is 1.38. The summed E-state index contributed by atoms with van der Waals surface area (Å²) in [7, 11) is 1.69. The predicted octanol–water partition coefficient (Wildman–Crippen LogP) is 1.25. The average Bonchev–Trinajstić information content (AvgIpc) is 2.87. The summed E-state index contributed by atoms with van der Waals surface area (Å²) in [5, 5.41) is 4.13. The van der Waals surface area contributed by atoms with Crippen LogP contribution in [0.3, 0.4) is 0 Å². The molecule has 1 aliphatic heterocycles. The first-order valence-electron chi connectivity index (χ1n) is 5.82. The number of thiazole rings is 1. The van der Waals surface area contributed by atoms with Crippen LogP contribution >= 0.6 is 11.3 Å². The Hall–Kier alpha value is -0.780. The molecule has 1 fully saturated rings. The zero-order valence-corrected chi connectivity index (χ0v) is 11.3. The van der Waals surface area contributed by atoms with Crippen LogP contribution < -0.4 is 5.32 Å². The third-order valence-electron chi connectivity index (χ3n) is 3.21. The van der Waals surface area contributed by atoms with E-state index in [0.29, 0.717) is 6.42 Å². The smallest absolute Gasteiger partial charge is 0.156 e. The minimum absolute atomic E-state index is 0.0653. The summed E-state index contributed by atoms with van der Waals surface area (Å²) >= 11 is 1.62. The molecule has 94 valence electrons. The molecule has 2 atom stereocenters. The predicted molar refractivity (Wildman–Crippen MR) is 67.5 cm³/mol. The molecule has 0 bridgehead atoms. The lowest BCUT2D eigenvalue weighted by molar-refractivity contribution is -0.120. The first kappa shape index (κ1) is 12.7. The molecule has 1 aliphatic rings. The van der Waals surface area contributed by atoms with Gasteiger partial charge in [-0.2, -0.15) is 0 Å². The molecule has 17 heavy (non-hydrogen) atoms. The van der Waals surface area contributed by atoms with Crippen molar-refractivity contribution in [2.24, 2.45) is 0 Å². The molecule has 1 aromatic heterocycles. The van der Waals surface area contributed by atoms with Crippen LogP contribution in [0.2, 0.25) is 0 Å². The second-order valence-corrected chi connectivity index (χ2v) is 5.73. The lowest BCUT2D eigenvalue weighted by Crippen LogP contribution is -2.31. The van der Waals surface area contributed by atoms with E-state index in [9.17, 15) is 4.79 Å². The fourth-order valence-corrected chi connectivity index (χ4v) is 2.96. The first-order valence-corrected chi connectivity index (χ1v) is 6.63. The SMILES string of the molecule is COC1CNC(C(=O)Cc2nc(C)c(C)s2)C1. The van der Waals surface area contributed by atoms with Gasteiger partial charge in [0.2, 0.25) is 0 Å². The summed E-state index contributed by atoms with van der Waals surface area (Å²) in [6, 6.07) is -0.0653. The highest BCUT2D eigenvalue weighted by atomic mass is 32.1. The van der Waals surface area contributed by atoms with Crippen molar-refractivity contribution in [3.63, 3.8) is 0 Å². The number of aryl methyl sites for hydroxylation is 2. The van der Waals surface area contributed by atoms with Gasteiger partial charge in [-0.1, -0.05) is 0 Å². The van der Waals surface area contributed by atoms with Crippen LogP contribution in [0.4, 0.5) is 0 Å². The Labute approximate surface area is 105 Å². The molecule has 5 heteroatoms. The molecular weight excluding hydrogens is 236 g/mol. The van der Waals surface area contributed by atoms with Crippen LogP contribution in [-0.4, -0.2) is 36.6 Å². The summed E-state index contributed by atoms with van der Waals surface area (Å²) in [5.41, 5.74) is 1.03. The maximum absolute atomic E-state index is 12.0. The summed E-state index contributed by atoms with van der Waals surface area (Å²) in [5.74, 6) is 0.221. The van der Waals surface area contributed by atoms with Gasteiger partial charge >= 0.3 is 0 Å². The van der Waals surface area contributed by atoms with Crippen LogP contribution in [0.25, 0.3) is 0 Å². The Morgan fingerprint density at radius 2 is 2.35 bits per heavy atom. The number of nitrogens with zero attached hydrogens (tertiary/aromatic N) is 1. The van der Waals surface area contributed by atoms with E-state index in [1.807, 2.05) is 13.8 Å². The molecule has 2 heterocycles. The Morgan fingerprint density at radius 1 is 1.59 bits per heavy atom. The zero-order valence-electron chi connectivity index (χ0n) is 10.4. The van der Waals surface area contributed by atoms with Crippen LogP contribution in [0.15, 0.2) is 0 Å². The second-order valence-electron chi connectivity index (χ2n) is 4.45. The van der Waals surface area contributed by atoms with Gasteiger partial charge in [0.1, 0.15) is 5.01 Å². The van der Waals surface area contributed by atoms with E-state index >= 15 is 0 Å². The van der Waals surface area contributed by atoms with E-state index in [2.05, 4.69) is 10.3 Å². The average molecular weight is 254 g/mol. The number of hydrogen-bond donors (Lipinski definition) is 1. The van der Waals surface area contributed by atoms with E-state index in [1.165, 1.54) is 4.88 Å². The highest BCUT2D eigenvalue weighted by Gasteiger charge is 2.29. The van der Waals surface area contributed by atoms with E-state index in [0.717, 1.165) is 23.7 Å². The lowest BCUT2D eigenvalue weighted by Gasteiger charge is -2.07. The number of methoxy groups -OCH3 is 1. The van der Waals surface area contributed by atoms with Crippen molar-refractivity contribution in [3.05, 3.63) is 15.6 Å². The quantitative estimate of drug-likeness (QED) is 0.878. The maximum atomic E-state index is 12.0. The van der Waals surface area contributed by atoms with E-state index in [1.54, 1.807) is 18.4 Å². The van der Waals surface area contributed by atoms with Gasteiger partial charge in [-0.05, 0) is 20.3 Å². The van der Waals surface area contributed by atoms with Crippen LogP contribution in [-0.2, 0) is 16.0 Å². The van der Waals surface area contributed by atoms with Crippen molar-refractivity contribution < 1.29 is 9.53 Å². The Kier molecular flexibility index (Phi) is 3.91. The van der Waals surface area contributed by atoms with E-state index in [-0.39, 0.29) is 17.9 Å². The highest BCUT2D eigenvalue weighted by Crippen LogP contribution is 2.19. The van der Waals surface area contributed by atoms with Crippen molar-refractivity contribution in [1.82, 2.24) is 10.3 Å². The van der Waals surface area contributed by atoms with Gasteiger partial charge in [0.25, 0.3) is 0 Å². The molecule has 0 amide bonds. The Balaban J connectivity index is 1.93. The number of Topliss-reactive ketones (excluding diaryl/α,β-unsaturated/α-hetero) is 1. The zero-order chi connectivity index (χ0) is 12.4. The molecule has 0 radical (unpaired) electrons. The molecule has 2 unspecified atom stereocenters. The molecule has 0 spiro atoms. The minimum atomic E-state index is -0.0653.